The number of nitrogens with zero attached hydrogens (tertiary/aromatic N) is 2. The number of aryl methyl sites for hydroxylation is 2. The summed E-state index contributed by atoms with van der Waals surface area (Å²) >= 11 is 0. The Morgan fingerprint density at radius 2 is 1.50 bits per heavy atom. The van der Waals surface area contributed by atoms with Crippen LogP contribution >= 0.6 is 0 Å². The van der Waals surface area contributed by atoms with Crippen molar-refractivity contribution in [3.05, 3.63) is 70.4 Å². The second kappa shape index (κ2) is 8.23. The predicted octanol–water partition coefficient (Wildman–Crippen LogP) is 5.62. The number of carbonyl (C=O) groups excluding carboxylic acids is 2. The number of amides is 2. The van der Waals surface area contributed by atoms with Crippen molar-refractivity contribution in [3.8, 4) is 0 Å². The molecule has 2 aromatic carbocycles. The number of carbonyl (C=O) groups is 2. The van der Waals surface area contributed by atoms with Crippen LogP contribution in [0.15, 0.2) is 48.2 Å². The fourth-order valence-electron chi connectivity index (χ4n) is 4.73. The fraction of sp³-hybridized carbons (Fsp3) is 0.429. The van der Waals surface area contributed by atoms with E-state index in [0.717, 1.165) is 42.6 Å². The Kier molecular flexibility index (Phi) is 5.74. The van der Waals surface area contributed by atoms with Gasteiger partial charge >= 0.3 is 0 Å². The molecule has 0 saturated carbocycles. The summed E-state index contributed by atoms with van der Waals surface area (Å²) in [5.41, 5.74) is 5.95. The zero-order valence-electron chi connectivity index (χ0n) is 20.2. The lowest BCUT2D eigenvalue weighted by atomic mass is 9.87. The van der Waals surface area contributed by atoms with Gasteiger partial charge in [-0.2, -0.15) is 0 Å². The van der Waals surface area contributed by atoms with Crippen LogP contribution in [0.4, 0.5) is 5.69 Å². The third kappa shape index (κ3) is 3.99. The average Bonchev–Trinajstić information content (AvgIpc) is 2.98. The van der Waals surface area contributed by atoms with Gasteiger partial charge in [0.05, 0.1) is 11.3 Å². The Morgan fingerprint density at radius 1 is 0.875 bits per heavy atom. The largest absolute Gasteiger partial charge is 0.366 e. The molecule has 0 N–H and O–H groups in total. The van der Waals surface area contributed by atoms with Crippen LogP contribution in [0.25, 0.3) is 5.57 Å². The van der Waals surface area contributed by atoms with Crippen LogP contribution in [-0.4, -0.2) is 29.8 Å². The molecule has 1 fully saturated rings. The first-order valence-corrected chi connectivity index (χ1v) is 11.6. The van der Waals surface area contributed by atoms with Gasteiger partial charge in [-0.05, 0) is 66.8 Å². The predicted molar refractivity (Wildman–Crippen MR) is 130 cm³/mol. The molecule has 2 heterocycles. The summed E-state index contributed by atoms with van der Waals surface area (Å²) in [6, 6.07) is 13.9. The maximum absolute atomic E-state index is 13.8. The lowest BCUT2D eigenvalue weighted by molar-refractivity contribution is -0.120. The summed E-state index contributed by atoms with van der Waals surface area (Å²) in [6.07, 6.45) is 2.07. The minimum atomic E-state index is -0.223. The maximum atomic E-state index is 13.8. The SMILES string of the molecule is Cc1ccc(C2=C(N3CCC(C)CC3)C(=O)N(c3ccc(C(C)(C)C)cc3)C2=O)c(C)c1. The monoisotopic (exact) mass is 430 g/mol. The molecule has 4 nitrogen and oxygen atoms in total. The smallest absolute Gasteiger partial charge is 0.282 e. The first kappa shape index (κ1) is 22.3. The van der Waals surface area contributed by atoms with E-state index in [1.165, 1.54) is 10.5 Å². The van der Waals surface area contributed by atoms with E-state index in [0.29, 0.717) is 22.9 Å². The van der Waals surface area contributed by atoms with E-state index in [2.05, 4.69) is 38.7 Å². The van der Waals surface area contributed by atoms with Gasteiger partial charge in [0, 0.05) is 13.1 Å². The number of piperidine rings is 1. The molecule has 32 heavy (non-hydrogen) atoms. The molecule has 0 aromatic heterocycles. The molecule has 2 amide bonds. The van der Waals surface area contributed by atoms with Crippen LogP contribution in [0.2, 0.25) is 0 Å². The molecule has 4 rings (SSSR count). The van der Waals surface area contributed by atoms with Crippen molar-refractivity contribution < 1.29 is 9.59 Å². The molecule has 0 radical (unpaired) electrons. The molecular weight excluding hydrogens is 396 g/mol. The minimum Gasteiger partial charge on any atom is -0.366 e. The van der Waals surface area contributed by atoms with Gasteiger partial charge in [0.25, 0.3) is 11.8 Å². The number of anilines is 1. The summed E-state index contributed by atoms with van der Waals surface area (Å²) in [5, 5.41) is 0. The Labute approximate surface area is 191 Å². The van der Waals surface area contributed by atoms with Crippen molar-refractivity contribution in [1.29, 1.82) is 0 Å². The molecule has 2 aliphatic heterocycles. The number of imide groups is 1. The fourth-order valence-corrected chi connectivity index (χ4v) is 4.73. The summed E-state index contributed by atoms with van der Waals surface area (Å²) in [6.45, 7) is 14.4. The van der Waals surface area contributed by atoms with Gasteiger partial charge in [0.2, 0.25) is 0 Å². The Morgan fingerprint density at radius 3 is 2.06 bits per heavy atom. The zero-order chi connectivity index (χ0) is 23.2. The second-order valence-corrected chi connectivity index (χ2v) is 10.5. The lowest BCUT2D eigenvalue weighted by Crippen LogP contribution is -2.38. The normalized spacial score (nSPS) is 18.2. The van der Waals surface area contributed by atoms with Crippen molar-refractivity contribution in [2.45, 2.75) is 59.8 Å². The Hall–Kier alpha value is -2.88. The lowest BCUT2D eigenvalue weighted by Gasteiger charge is -2.32. The van der Waals surface area contributed by atoms with Crippen molar-refractivity contribution in [2.75, 3.05) is 18.0 Å². The Bertz CT molecular complexity index is 1080. The summed E-state index contributed by atoms with van der Waals surface area (Å²) in [7, 11) is 0. The molecule has 0 aliphatic carbocycles. The van der Waals surface area contributed by atoms with Crippen molar-refractivity contribution in [3.63, 3.8) is 0 Å². The van der Waals surface area contributed by atoms with Crippen LogP contribution in [0, 0.1) is 19.8 Å². The summed E-state index contributed by atoms with van der Waals surface area (Å²) < 4.78 is 0. The average molecular weight is 431 g/mol. The summed E-state index contributed by atoms with van der Waals surface area (Å²) in [4.78, 5) is 31.0. The van der Waals surface area contributed by atoms with Gasteiger partial charge in [-0.3, -0.25) is 9.59 Å². The molecule has 1 saturated heterocycles. The Balaban J connectivity index is 1.79. The van der Waals surface area contributed by atoms with E-state index in [4.69, 9.17) is 0 Å². The highest BCUT2D eigenvalue weighted by Crippen LogP contribution is 2.38. The third-order valence-electron chi connectivity index (χ3n) is 6.80. The topological polar surface area (TPSA) is 40.6 Å². The minimum absolute atomic E-state index is 0.00956. The van der Waals surface area contributed by atoms with Crippen LogP contribution < -0.4 is 4.90 Å². The van der Waals surface area contributed by atoms with E-state index in [1.54, 1.807) is 0 Å². The number of hydrogen-bond donors (Lipinski definition) is 0. The van der Waals surface area contributed by atoms with E-state index >= 15 is 0 Å². The molecular formula is C28H34N2O2. The highest BCUT2D eigenvalue weighted by Gasteiger charge is 2.43. The summed E-state index contributed by atoms with van der Waals surface area (Å²) in [5.74, 6) is 0.215. The number of hydrogen-bond acceptors (Lipinski definition) is 3. The first-order valence-electron chi connectivity index (χ1n) is 11.6. The maximum Gasteiger partial charge on any atom is 0.282 e. The van der Waals surface area contributed by atoms with Crippen molar-refractivity contribution >= 4 is 23.1 Å². The third-order valence-corrected chi connectivity index (χ3v) is 6.80. The molecule has 0 unspecified atom stereocenters. The van der Waals surface area contributed by atoms with Gasteiger partial charge in [-0.25, -0.2) is 4.90 Å². The molecule has 4 heteroatoms. The molecule has 168 valence electrons. The number of rotatable bonds is 3. The van der Waals surface area contributed by atoms with E-state index in [1.807, 2.05) is 50.2 Å². The van der Waals surface area contributed by atoms with E-state index in [9.17, 15) is 9.59 Å². The van der Waals surface area contributed by atoms with E-state index < -0.39 is 0 Å². The van der Waals surface area contributed by atoms with Crippen LogP contribution in [-0.2, 0) is 15.0 Å². The molecule has 0 bridgehead atoms. The van der Waals surface area contributed by atoms with Crippen LogP contribution in [0.1, 0.15) is 62.8 Å². The van der Waals surface area contributed by atoms with Gasteiger partial charge in [-0.15, -0.1) is 0 Å². The van der Waals surface area contributed by atoms with Gasteiger partial charge in [0.15, 0.2) is 0 Å². The van der Waals surface area contributed by atoms with Gasteiger partial charge in [-0.1, -0.05) is 63.6 Å². The van der Waals surface area contributed by atoms with Gasteiger partial charge < -0.3 is 4.90 Å². The molecule has 2 aliphatic rings. The van der Waals surface area contributed by atoms with Crippen molar-refractivity contribution in [1.82, 2.24) is 4.90 Å². The first-order chi connectivity index (χ1) is 15.1. The number of benzene rings is 2. The molecule has 0 spiro atoms. The van der Waals surface area contributed by atoms with Crippen LogP contribution in [0.3, 0.4) is 0 Å². The highest BCUT2D eigenvalue weighted by atomic mass is 16.2. The van der Waals surface area contributed by atoms with E-state index in [-0.39, 0.29) is 17.2 Å². The number of likely N-dealkylation sites (tertiary alicyclic amines) is 1. The molecule has 2 aromatic rings. The quantitative estimate of drug-likeness (QED) is 0.594. The standard InChI is InChI=1S/C28H34N2O2/c1-18-13-15-29(16-14-18)25-24(23-12-7-19(2)17-20(23)3)26(31)30(27(25)32)22-10-8-21(9-11-22)28(4,5)6/h7-12,17-18H,13-16H2,1-6H3. The molecule has 0 atom stereocenters. The zero-order valence-corrected chi connectivity index (χ0v) is 20.2. The van der Waals surface area contributed by atoms with Crippen LogP contribution in [0.5, 0.6) is 0 Å². The van der Waals surface area contributed by atoms with Gasteiger partial charge in [0.1, 0.15) is 5.70 Å². The van der Waals surface area contributed by atoms with Crippen molar-refractivity contribution in [2.24, 2.45) is 5.92 Å². The highest BCUT2D eigenvalue weighted by molar-refractivity contribution is 6.45. The second-order valence-electron chi connectivity index (χ2n) is 10.5.